The summed E-state index contributed by atoms with van der Waals surface area (Å²) in [6, 6.07) is 0. The molecule has 0 bridgehead atoms. The first kappa shape index (κ1) is 22.0. The van der Waals surface area contributed by atoms with Crippen molar-refractivity contribution in [3.05, 3.63) is 0 Å². The van der Waals surface area contributed by atoms with Crippen molar-refractivity contribution in [3.8, 4) is 0 Å². The van der Waals surface area contributed by atoms with Crippen LogP contribution in [0.2, 0.25) is 0 Å². The van der Waals surface area contributed by atoms with Gasteiger partial charge in [0, 0.05) is 18.3 Å². The van der Waals surface area contributed by atoms with Gasteiger partial charge in [-0.05, 0) is 86.9 Å². The molecular weight excluding hydrogens is 404 g/mol. The lowest BCUT2D eigenvalue weighted by atomic mass is 9.43. The number of aldehydes is 1. The van der Waals surface area contributed by atoms with Gasteiger partial charge in [0.2, 0.25) is 0 Å². The summed E-state index contributed by atoms with van der Waals surface area (Å²) in [6.45, 7) is 12.7. The van der Waals surface area contributed by atoms with E-state index in [1.165, 1.54) is 32.0 Å². The molecule has 6 rings (SSSR count). The minimum absolute atomic E-state index is 0.133. The summed E-state index contributed by atoms with van der Waals surface area (Å²) in [5, 5.41) is 0. The van der Waals surface area contributed by atoms with E-state index in [0.717, 1.165) is 19.3 Å². The maximum Gasteiger partial charge on any atom is 0.172 e. The van der Waals surface area contributed by atoms with E-state index in [-0.39, 0.29) is 29.0 Å². The van der Waals surface area contributed by atoms with Gasteiger partial charge < -0.3 is 23.7 Å². The zero-order valence-electron chi connectivity index (χ0n) is 20.6. The maximum absolute atomic E-state index is 11.7. The Kier molecular flexibility index (Phi) is 4.83. The Labute approximate surface area is 193 Å². The first-order valence-electron chi connectivity index (χ1n) is 13.2. The molecule has 0 radical (unpaired) electrons. The molecule has 6 aliphatic rings. The van der Waals surface area contributed by atoms with Gasteiger partial charge in [-0.2, -0.15) is 0 Å². The molecule has 1 unspecified atom stereocenters. The van der Waals surface area contributed by atoms with E-state index in [0.29, 0.717) is 42.8 Å². The molecule has 2 aliphatic heterocycles. The standard InChI is InChI=1S/C27H42O5/c1-16(15-28)18-6-7-19-17-13-27(29-10-11-30-27)23-12-21-22(32-24(2,3)31-21)14-26(23,5)20(17)8-9-25(18,19)4/h15-23H,6-14H2,1-5H3/t16-,17+,18-,19+,20+,21+,22-,23?,25-,26-/m1/s1. The quantitative estimate of drug-likeness (QED) is 0.561. The highest BCUT2D eigenvalue weighted by molar-refractivity contribution is 5.53. The Morgan fingerprint density at radius 2 is 1.56 bits per heavy atom. The third-order valence-electron chi connectivity index (χ3n) is 11.2. The van der Waals surface area contributed by atoms with E-state index in [9.17, 15) is 4.79 Å². The van der Waals surface area contributed by atoms with Gasteiger partial charge in [0.25, 0.3) is 0 Å². The molecule has 32 heavy (non-hydrogen) atoms. The van der Waals surface area contributed by atoms with Gasteiger partial charge in [0.1, 0.15) is 6.29 Å². The minimum atomic E-state index is -0.502. The second-order valence-electron chi connectivity index (χ2n) is 13.0. The second kappa shape index (κ2) is 7.02. The van der Waals surface area contributed by atoms with Crippen molar-refractivity contribution in [2.45, 2.75) is 103 Å². The first-order chi connectivity index (χ1) is 15.1. The van der Waals surface area contributed by atoms with Crippen LogP contribution in [0.3, 0.4) is 0 Å². The summed E-state index contributed by atoms with van der Waals surface area (Å²) in [5.41, 5.74) is 0.393. The number of carbonyl (C=O) groups excluding carboxylic acids is 1. The SMILES string of the molecule is C[C@H](C=O)[C@H]1CC[C@H]2[C@@H]3CC4(OCCO4)C4C[C@@H]5OC(C)(C)O[C@@H]5C[C@]4(C)[C@H]3CC[C@]12C. The van der Waals surface area contributed by atoms with Crippen molar-refractivity contribution in [1.82, 2.24) is 0 Å². The number of hydrogen-bond donors (Lipinski definition) is 0. The third kappa shape index (κ3) is 2.86. The molecule has 0 N–H and O–H groups in total. The third-order valence-corrected chi connectivity index (χ3v) is 11.2. The monoisotopic (exact) mass is 446 g/mol. The van der Waals surface area contributed by atoms with Crippen LogP contribution in [0.5, 0.6) is 0 Å². The van der Waals surface area contributed by atoms with Crippen LogP contribution >= 0.6 is 0 Å². The Morgan fingerprint density at radius 3 is 2.28 bits per heavy atom. The number of carbonyl (C=O) groups is 1. The van der Waals surface area contributed by atoms with Gasteiger partial charge in [-0.15, -0.1) is 0 Å². The van der Waals surface area contributed by atoms with Crippen molar-refractivity contribution in [2.75, 3.05) is 13.2 Å². The lowest BCUT2D eigenvalue weighted by Crippen LogP contribution is -2.65. The van der Waals surface area contributed by atoms with Gasteiger partial charge in [0.05, 0.1) is 25.4 Å². The molecule has 2 saturated heterocycles. The summed E-state index contributed by atoms with van der Waals surface area (Å²) in [5.74, 6) is 1.98. The lowest BCUT2D eigenvalue weighted by Gasteiger charge is -2.65. The predicted octanol–water partition coefficient (Wildman–Crippen LogP) is 4.96. The van der Waals surface area contributed by atoms with Crippen LogP contribution in [0, 0.1) is 46.3 Å². The van der Waals surface area contributed by atoms with Crippen molar-refractivity contribution < 1.29 is 23.7 Å². The molecule has 0 aromatic heterocycles. The first-order valence-corrected chi connectivity index (χ1v) is 13.2. The van der Waals surface area contributed by atoms with Crippen LogP contribution in [-0.4, -0.2) is 43.3 Å². The molecule has 180 valence electrons. The van der Waals surface area contributed by atoms with E-state index < -0.39 is 11.6 Å². The van der Waals surface area contributed by atoms with Crippen LogP contribution in [-0.2, 0) is 23.7 Å². The maximum atomic E-state index is 11.7. The Bertz CT molecular complexity index is 774. The van der Waals surface area contributed by atoms with E-state index >= 15 is 0 Å². The average molecular weight is 447 g/mol. The summed E-state index contributed by atoms with van der Waals surface area (Å²) in [7, 11) is 0. The number of hydrogen-bond acceptors (Lipinski definition) is 5. The largest absolute Gasteiger partial charge is 0.347 e. The lowest BCUT2D eigenvalue weighted by molar-refractivity contribution is -0.300. The molecular formula is C27H42O5. The molecule has 5 heteroatoms. The van der Waals surface area contributed by atoms with E-state index in [2.05, 4.69) is 34.6 Å². The van der Waals surface area contributed by atoms with Gasteiger partial charge >= 0.3 is 0 Å². The fourth-order valence-electron chi connectivity index (χ4n) is 10.1. The molecule has 5 nitrogen and oxygen atoms in total. The van der Waals surface area contributed by atoms with Crippen LogP contribution in [0.4, 0.5) is 0 Å². The molecule has 2 heterocycles. The molecule has 10 atom stereocenters. The van der Waals surface area contributed by atoms with Crippen molar-refractivity contribution in [2.24, 2.45) is 46.3 Å². The summed E-state index contributed by atoms with van der Waals surface area (Å²) >= 11 is 0. The van der Waals surface area contributed by atoms with Crippen LogP contribution in [0.15, 0.2) is 0 Å². The highest BCUT2D eigenvalue weighted by atomic mass is 16.8. The van der Waals surface area contributed by atoms with E-state index in [1.54, 1.807) is 0 Å². The fourth-order valence-corrected chi connectivity index (χ4v) is 10.1. The van der Waals surface area contributed by atoms with Crippen molar-refractivity contribution >= 4 is 6.29 Å². The Balaban J connectivity index is 1.37. The van der Waals surface area contributed by atoms with Crippen LogP contribution in [0.1, 0.15) is 79.6 Å². The van der Waals surface area contributed by atoms with E-state index in [4.69, 9.17) is 18.9 Å². The minimum Gasteiger partial charge on any atom is -0.347 e. The van der Waals surface area contributed by atoms with Crippen LogP contribution in [0.25, 0.3) is 0 Å². The molecule has 1 spiro atoms. The molecule has 6 fully saturated rings. The number of rotatable bonds is 2. The molecule has 0 aromatic carbocycles. The smallest absolute Gasteiger partial charge is 0.172 e. The zero-order valence-corrected chi connectivity index (χ0v) is 20.6. The summed E-state index contributed by atoms with van der Waals surface area (Å²) < 4.78 is 25.9. The Morgan fingerprint density at radius 1 is 0.875 bits per heavy atom. The highest BCUT2D eigenvalue weighted by Crippen LogP contribution is 2.71. The van der Waals surface area contributed by atoms with Gasteiger partial charge in [-0.3, -0.25) is 0 Å². The van der Waals surface area contributed by atoms with E-state index in [1.807, 2.05) is 0 Å². The summed E-state index contributed by atoms with van der Waals surface area (Å²) in [6.07, 6.45) is 9.48. The van der Waals surface area contributed by atoms with Gasteiger partial charge in [0.15, 0.2) is 11.6 Å². The molecule has 0 aromatic rings. The topological polar surface area (TPSA) is 54.0 Å². The predicted molar refractivity (Wildman–Crippen MR) is 120 cm³/mol. The average Bonchev–Trinajstić information content (AvgIpc) is 3.40. The highest BCUT2D eigenvalue weighted by Gasteiger charge is 2.70. The number of fused-ring (bicyclic) bond motifs is 7. The van der Waals surface area contributed by atoms with Gasteiger partial charge in [-0.25, -0.2) is 0 Å². The normalized spacial score (nSPS) is 53.8. The van der Waals surface area contributed by atoms with Crippen molar-refractivity contribution in [1.29, 1.82) is 0 Å². The number of ether oxygens (including phenoxy) is 4. The van der Waals surface area contributed by atoms with Crippen LogP contribution < -0.4 is 0 Å². The van der Waals surface area contributed by atoms with Gasteiger partial charge in [-0.1, -0.05) is 20.8 Å². The zero-order chi connectivity index (χ0) is 22.5. The molecule has 4 aliphatic carbocycles. The van der Waals surface area contributed by atoms with Crippen molar-refractivity contribution in [3.63, 3.8) is 0 Å². The Hall–Kier alpha value is -0.490. The second-order valence-corrected chi connectivity index (χ2v) is 13.0. The fraction of sp³-hybridized carbons (Fsp3) is 0.963. The molecule has 0 amide bonds. The summed E-state index contributed by atoms with van der Waals surface area (Å²) in [4.78, 5) is 11.7. The molecule has 4 saturated carbocycles.